The van der Waals surface area contributed by atoms with Crippen LogP contribution in [0.2, 0.25) is 0 Å². The van der Waals surface area contributed by atoms with Gasteiger partial charge in [-0.3, -0.25) is 0 Å². The van der Waals surface area contributed by atoms with E-state index in [2.05, 4.69) is 15.6 Å². The Hall–Kier alpha value is -1.89. The molecule has 0 radical (unpaired) electrons. The average molecular weight is 263 g/mol. The minimum absolute atomic E-state index is 0.0250. The SMILES string of the molecule is C#CCC(CC)NS(=O)(=O)c1ccc(C#N)nc1. The predicted octanol–water partition coefficient (Wildman–Crippen LogP) is 1.03. The second-order valence-corrected chi connectivity index (χ2v) is 5.34. The molecule has 0 aliphatic carbocycles. The van der Waals surface area contributed by atoms with Crippen LogP contribution in [-0.2, 0) is 10.0 Å². The summed E-state index contributed by atoms with van der Waals surface area (Å²) in [6.45, 7) is 1.85. The zero-order chi connectivity index (χ0) is 13.6. The van der Waals surface area contributed by atoms with Crippen LogP contribution in [0.25, 0.3) is 0 Å². The molecular weight excluding hydrogens is 250 g/mol. The van der Waals surface area contributed by atoms with Crippen molar-refractivity contribution in [3.05, 3.63) is 24.0 Å². The summed E-state index contributed by atoms with van der Waals surface area (Å²) in [6.07, 6.45) is 7.26. The average Bonchev–Trinajstić information content (AvgIpc) is 2.38. The zero-order valence-electron chi connectivity index (χ0n) is 9.92. The van der Waals surface area contributed by atoms with E-state index in [1.807, 2.05) is 13.0 Å². The predicted molar refractivity (Wildman–Crippen MR) is 66.8 cm³/mol. The first kappa shape index (κ1) is 14.2. The van der Waals surface area contributed by atoms with E-state index in [9.17, 15) is 8.42 Å². The highest BCUT2D eigenvalue weighted by molar-refractivity contribution is 7.89. The zero-order valence-corrected chi connectivity index (χ0v) is 10.7. The van der Waals surface area contributed by atoms with E-state index in [0.717, 1.165) is 6.20 Å². The van der Waals surface area contributed by atoms with Crippen molar-refractivity contribution >= 4 is 10.0 Å². The maximum atomic E-state index is 12.0. The number of hydrogen-bond acceptors (Lipinski definition) is 4. The summed E-state index contributed by atoms with van der Waals surface area (Å²) in [7, 11) is -3.64. The van der Waals surface area contributed by atoms with Gasteiger partial charge in [-0.15, -0.1) is 12.3 Å². The summed E-state index contributed by atoms with van der Waals surface area (Å²) in [6, 6.07) is 4.23. The van der Waals surface area contributed by atoms with Crippen LogP contribution in [-0.4, -0.2) is 19.4 Å². The van der Waals surface area contributed by atoms with Crippen molar-refractivity contribution in [2.24, 2.45) is 0 Å². The monoisotopic (exact) mass is 263 g/mol. The van der Waals surface area contributed by atoms with Crippen LogP contribution in [0.3, 0.4) is 0 Å². The molecule has 1 rings (SSSR count). The van der Waals surface area contributed by atoms with Gasteiger partial charge in [-0.1, -0.05) is 6.92 Å². The van der Waals surface area contributed by atoms with Crippen LogP contribution in [0.1, 0.15) is 25.5 Å². The fourth-order valence-electron chi connectivity index (χ4n) is 1.30. The Balaban J connectivity index is 2.92. The number of sulfonamides is 1. The number of nitriles is 1. The largest absolute Gasteiger partial charge is 0.244 e. The second kappa shape index (κ2) is 6.15. The number of hydrogen-bond donors (Lipinski definition) is 1. The van der Waals surface area contributed by atoms with Crippen LogP contribution in [0.5, 0.6) is 0 Å². The van der Waals surface area contributed by atoms with E-state index in [4.69, 9.17) is 11.7 Å². The first-order valence-corrected chi connectivity index (χ1v) is 6.83. The molecule has 18 heavy (non-hydrogen) atoms. The molecule has 1 aromatic heterocycles. The van der Waals surface area contributed by atoms with Gasteiger partial charge < -0.3 is 0 Å². The van der Waals surface area contributed by atoms with Crippen LogP contribution < -0.4 is 4.72 Å². The minimum atomic E-state index is -3.64. The van der Waals surface area contributed by atoms with Gasteiger partial charge >= 0.3 is 0 Å². The molecule has 0 aromatic carbocycles. The molecule has 1 atom stereocenters. The molecule has 0 aliphatic rings. The Morgan fingerprint density at radius 3 is 2.72 bits per heavy atom. The third-order valence-corrected chi connectivity index (χ3v) is 3.85. The lowest BCUT2D eigenvalue weighted by Gasteiger charge is -2.14. The lowest BCUT2D eigenvalue weighted by molar-refractivity contribution is 0.543. The third-order valence-electron chi connectivity index (χ3n) is 2.34. The van der Waals surface area contributed by atoms with E-state index >= 15 is 0 Å². The van der Waals surface area contributed by atoms with Crippen molar-refractivity contribution in [1.82, 2.24) is 9.71 Å². The van der Waals surface area contributed by atoms with E-state index in [1.165, 1.54) is 12.1 Å². The molecule has 0 aliphatic heterocycles. The van der Waals surface area contributed by atoms with Gasteiger partial charge in [0.25, 0.3) is 0 Å². The minimum Gasteiger partial charge on any atom is -0.244 e. The third kappa shape index (κ3) is 3.56. The van der Waals surface area contributed by atoms with Gasteiger partial charge in [-0.25, -0.2) is 18.1 Å². The fraction of sp³-hybridized carbons (Fsp3) is 0.333. The molecule has 0 bridgehead atoms. The Labute approximate surface area is 107 Å². The highest BCUT2D eigenvalue weighted by Crippen LogP contribution is 2.10. The van der Waals surface area contributed by atoms with Crippen molar-refractivity contribution in [1.29, 1.82) is 5.26 Å². The number of rotatable bonds is 5. The summed E-state index contributed by atoms with van der Waals surface area (Å²) in [5.74, 6) is 2.43. The van der Waals surface area contributed by atoms with Crippen molar-refractivity contribution in [3.63, 3.8) is 0 Å². The van der Waals surface area contributed by atoms with Gasteiger partial charge in [0.05, 0.1) is 0 Å². The van der Waals surface area contributed by atoms with Crippen molar-refractivity contribution in [2.45, 2.75) is 30.7 Å². The summed E-state index contributed by atoms with van der Waals surface area (Å²) in [5.41, 5.74) is 0.171. The van der Waals surface area contributed by atoms with E-state index < -0.39 is 10.0 Å². The maximum absolute atomic E-state index is 12.0. The topological polar surface area (TPSA) is 82.9 Å². The highest BCUT2D eigenvalue weighted by atomic mass is 32.2. The molecule has 0 spiro atoms. The Kier molecular flexibility index (Phi) is 4.85. The first-order chi connectivity index (χ1) is 8.53. The first-order valence-electron chi connectivity index (χ1n) is 5.35. The van der Waals surface area contributed by atoms with Gasteiger partial charge in [0.1, 0.15) is 16.7 Å². The molecule has 0 saturated carbocycles. The second-order valence-electron chi connectivity index (χ2n) is 3.63. The molecule has 1 heterocycles. The van der Waals surface area contributed by atoms with E-state index in [-0.39, 0.29) is 16.6 Å². The standard InChI is InChI=1S/C12H13N3O2S/c1-3-5-10(4-2)15-18(16,17)12-7-6-11(8-13)14-9-12/h1,6-7,9-10,15H,4-5H2,2H3. The van der Waals surface area contributed by atoms with Crippen LogP contribution in [0, 0.1) is 23.7 Å². The summed E-state index contributed by atoms with van der Waals surface area (Å²) in [5, 5.41) is 8.59. The number of pyridine rings is 1. The number of aromatic nitrogens is 1. The molecular formula is C12H13N3O2S. The molecule has 0 saturated heterocycles. The smallest absolute Gasteiger partial charge is 0.242 e. The van der Waals surface area contributed by atoms with Gasteiger partial charge in [0.2, 0.25) is 10.0 Å². The molecule has 1 N–H and O–H groups in total. The molecule has 0 fully saturated rings. The molecule has 5 nitrogen and oxygen atoms in total. The van der Waals surface area contributed by atoms with Crippen molar-refractivity contribution in [3.8, 4) is 18.4 Å². The Bertz CT molecular complexity index is 579. The lowest BCUT2D eigenvalue weighted by atomic mass is 10.2. The van der Waals surface area contributed by atoms with E-state index in [1.54, 1.807) is 0 Å². The quantitative estimate of drug-likeness (QED) is 0.804. The molecule has 1 aromatic rings. The van der Waals surface area contributed by atoms with Gasteiger partial charge in [0.15, 0.2) is 0 Å². The van der Waals surface area contributed by atoms with Crippen LogP contribution >= 0.6 is 0 Å². The molecule has 1 unspecified atom stereocenters. The summed E-state index contributed by atoms with van der Waals surface area (Å²) >= 11 is 0. The van der Waals surface area contributed by atoms with E-state index in [0.29, 0.717) is 12.8 Å². The number of nitrogens with zero attached hydrogens (tertiary/aromatic N) is 2. The number of terminal acetylenes is 1. The summed E-state index contributed by atoms with van der Waals surface area (Å²) < 4.78 is 26.5. The maximum Gasteiger partial charge on any atom is 0.242 e. The molecule has 6 heteroatoms. The number of nitrogens with one attached hydrogen (secondary N) is 1. The van der Waals surface area contributed by atoms with Crippen molar-refractivity contribution in [2.75, 3.05) is 0 Å². The molecule has 94 valence electrons. The van der Waals surface area contributed by atoms with Crippen LogP contribution in [0.4, 0.5) is 0 Å². The lowest BCUT2D eigenvalue weighted by Crippen LogP contribution is -2.34. The Morgan fingerprint density at radius 2 is 2.28 bits per heavy atom. The Morgan fingerprint density at radius 1 is 1.56 bits per heavy atom. The molecule has 0 amide bonds. The fourth-order valence-corrected chi connectivity index (χ4v) is 2.57. The van der Waals surface area contributed by atoms with Crippen LogP contribution in [0.15, 0.2) is 23.2 Å². The van der Waals surface area contributed by atoms with Gasteiger partial charge in [-0.2, -0.15) is 5.26 Å². The van der Waals surface area contributed by atoms with Gasteiger partial charge in [-0.05, 0) is 18.6 Å². The van der Waals surface area contributed by atoms with Gasteiger partial charge in [0, 0.05) is 18.7 Å². The highest BCUT2D eigenvalue weighted by Gasteiger charge is 2.18. The summed E-state index contributed by atoms with van der Waals surface area (Å²) in [4.78, 5) is 3.75. The normalized spacial score (nSPS) is 12.4. The van der Waals surface area contributed by atoms with Crippen molar-refractivity contribution < 1.29 is 8.42 Å².